The van der Waals surface area contributed by atoms with E-state index in [2.05, 4.69) is 26.1 Å². The lowest BCUT2D eigenvalue weighted by Gasteiger charge is -2.13. The van der Waals surface area contributed by atoms with Crippen LogP contribution in [-0.4, -0.2) is 31.5 Å². The first-order valence-corrected chi connectivity index (χ1v) is 12.3. The average molecular weight is 541 g/mol. The Balaban J connectivity index is 1.79. The van der Waals surface area contributed by atoms with Crippen molar-refractivity contribution < 1.29 is 4.92 Å². The molecule has 0 aliphatic heterocycles. The number of nitrogens with one attached hydrogen (secondary N) is 1. The molecule has 3 aromatic carbocycles. The monoisotopic (exact) mass is 540 g/mol. The summed E-state index contributed by atoms with van der Waals surface area (Å²) in [5.74, 6) is 0.282. The van der Waals surface area contributed by atoms with Crippen molar-refractivity contribution in [1.29, 1.82) is 10.5 Å². The number of aromatic nitrogens is 3. The van der Waals surface area contributed by atoms with Gasteiger partial charge in [0.25, 0.3) is 11.2 Å². The molecule has 11 nitrogen and oxygen atoms in total. The molecule has 0 atom stereocenters. The zero-order valence-electron chi connectivity index (χ0n) is 21.9. The summed E-state index contributed by atoms with van der Waals surface area (Å²) in [5.41, 5.74) is 2.32. The second-order valence-electron chi connectivity index (χ2n) is 9.05. The summed E-state index contributed by atoms with van der Waals surface area (Å²) in [6.07, 6.45) is 1.50. The highest BCUT2D eigenvalue weighted by Crippen LogP contribution is 2.33. The molecular weight excluding hydrogens is 520 g/mol. The number of nitriles is 2. The Bertz CT molecular complexity index is 2000. The molecule has 0 saturated heterocycles. The fourth-order valence-corrected chi connectivity index (χ4v) is 4.32. The Labute approximate surface area is 233 Å². The number of fused-ring (bicyclic) bond motifs is 1. The van der Waals surface area contributed by atoms with E-state index in [0.717, 1.165) is 15.8 Å². The summed E-state index contributed by atoms with van der Waals surface area (Å²) in [4.78, 5) is 36.6. The van der Waals surface area contributed by atoms with Crippen LogP contribution >= 0.6 is 0 Å². The van der Waals surface area contributed by atoms with E-state index >= 15 is 0 Å². The third-order valence-electron chi connectivity index (χ3n) is 6.28. The van der Waals surface area contributed by atoms with Crippen LogP contribution in [0.4, 0.5) is 11.5 Å². The van der Waals surface area contributed by atoms with Crippen molar-refractivity contribution in [3.05, 3.63) is 121 Å². The molecule has 5 aromatic rings. The van der Waals surface area contributed by atoms with E-state index in [1.165, 1.54) is 30.5 Å². The van der Waals surface area contributed by atoms with Crippen molar-refractivity contribution in [3.63, 3.8) is 0 Å². The molecule has 0 aliphatic carbocycles. The normalized spacial score (nSPS) is 11.5. The van der Waals surface area contributed by atoms with Crippen LogP contribution in [0.2, 0.25) is 0 Å². The molecular formula is C30H20N8O3. The smallest absolute Gasteiger partial charge is 0.291 e. The van der Waals surface area contributed by atoms with Gasteiger partial charge in [-0.2, -0.15) is 20.3 Å². The van der Waals surface area contributed by atoms with E-state index < -0.39 is 10.5 Å². The zero-order valence-corrected chi connectivity index (χ0v) is 21.9. The number of H-pyrrole nitrogens is 1. The molecule has 0 unspecified atom stereocenters. The third kappa shape index (κ3) is 5.11. The van der Waals surface area contributed by atoms with Crippen LogP contribution in [0.3, 0.4) is 0 Å². The molecule has 198 valence electrons. The summed E-state index contributed by atoms with van der Waals surface area (Å²) >= 11 is 0. The standard InChI is InChI=1S/C30H20N8O3/c1-18-6-5-7-20(14-18)17-33-29-23(15-31)27(21-10-12-22(13-11-21)38(40)41)24(16-32)30(39)37(29)36-19(2)28-34-25-8-3-4-9-26(25)35-28/h3-14,17H,1-2H3,(H,34,35)/b33-17+,36-19+. The summed E-state index contributed by atoms with van der Waals surface area (Å²) in [7, 11) is 0. The largest absolute Gasteiger partial charge is 0.337 e. The molecule has 11 heteroatoms. The highest BCUT2D eigenvalue weighted by Gasteiger charge is 2.24. The zero-order chi connectivity index (χ0) is 29.1. The maximum absolute atomic E-state index is 13.8. The topological polar surface area (TPSA) is 166 Å². The van der Waals surface area contributed by atoms with E-state index in [0.29, 0.717) is 22.6 Å². The Morgan fingerprint density at radius 3 is 2.44 bits per heavy atom. The van der Waals surface area contributed by atoms with Crippen molar-refractivity contribution >= 4 is 34.5 Å². The van der Waals surface area contributed by atoms with Gasteiger partial charge in [-0.15, -0.1) is 0 Å². The van der Waals surface area contributed by atoms with Crippen molar-refractivity contribution in [2.75, 3.05) is 0 Å². The molecule has 0 radical (unpaired) electrons. The van der Waals surface area contributed by atoms with Gasteiger partial charge in [-0.25, -0.2) is 9.98 Å². The van der Waals surface area contributed by atoms with E-state index in [-0.39, 0.29) is 33.8 Å². The van der Waals surface area contributed by atoms with Gasteiger partial charge in [0.05, 0.1) is 16.0 Å². The number of pyridine rings is 1. The number of non-ortho nitro benzene ring substituents is 1. The van der Waals surface area contributed by atoms with Crippen LogP contribution in [0.5, 0.6) is 0 Å². The maximum Gasteiger partial charge on any atom is 0.291 e. The Kier molecular flexibility index (Phi) is 7.01. The van der Waals surface area contributed by atoms with Gasteiger partial charge in [-0.05, 0) is 49.2 Å². The van der Waals surface area contributed by atoms with Crippen molar-refractivity contribution in [3.8, 4) is 23.3 Å². The van der Waals surface area contributed by atoms with Crippen molar-refractivity contribution in [2.45, 2.75) is 13.8 Å². The maximum atomic E-state index is 13.8. The fraction of sp³-hybridized carbons (Fsp3) is 0.0667. The van der Waals surface area contributed by atoms with E-state index in [9.17, 15) is 25.4 Å². The lowest BCUT2D eigenvalue weighted by molar-refractivity contribution is -0.384. The Hall–Kier alpha value is -6.20. The summed E-state index contributed by atoms with van der Waals surface area (Å²) < 4.78 is 0.917. The number of nitrogens with zero attached hydrogens (tertiary/aromatic N) is 7. The van der Waals surface area contributed by atoms with Crippen LogP contribution in [-0.2, 0) is 0 Å². The predicted molar refractivity (Wildman–Crippen MR) is 154 cm³/mol. The molecule has 5 rings (SSSR count). The first-order chi connectivity index (χ1) is 19.8. The van der Waals surface area contributed by atoms with E-state index in [1.807, 2.05) is 61.5 Å². The van der Waals surface area contributed by atoms with Crippen molar-refractivity contribution in [1.82, 2.24) is 14.6 Å². The molecule has 0 bridgehead atoms. The van der Waals surface area contributed by atoms with Gasteiger partial charge < -0.3 is 4.98 Å². The molecule has 0 saturated carbocycles. The van der Waals surface area contributed by atoms with Gasteiger partial charge in [-0.1, -0.05) is 42.0 Å². The predicted octanol–water partition coefficient (Wildman–Crippen LogP) is 5.37. The molecule has 0 aliphatic rings. The number of benzene rings is 3. The summed E-state index contributed by atoms with van der Waals surface area (Å²) in [6, 6.07) is 24.1. The van der Waals surface area contributed by atoms with E-state index in [1.54, 1.807) is 6.92 Å². The fourth-order valence-electron chi connectivity index (χ4n) is 4.32. The number of imidazole rings is 1. The highest BCUT2D eigenvalue weighted by molar-refractivity contribution is 5.98. The molecule has 2 heterocycles. The lowest BCUT2D eigenvalue weighted by atomic mass is 9.96. The number of nitro groups is 1. The molecule has 0 spiro atoms. The lowest BCUT2D eigenvalue weighted by Crippen LogP contribution is -2.23. The number of nitro benzene ring substituents is 1. The Morgan fingerprint density at radius 1 is 1.05 bits per heavy atom. The molecule has 0 fully saturated rings. The minimum atomic E-state index is -0.813. The van der Waals surface area contributed by atoms with Crippen LogP contribution in [0.15, 0.2) is 87.7 Å². The number of aliphatic imine (C=N–C) groups is 1. The first-order valence-electron chi connectivity index (χ1n) is 12.3. The number of rotatable bonds is 6. The third-order valence-corrected chi connectivity index (χ3v) is 6.28. The molecule has 1 N–H and O–H groups in total. The van der Waals surface area contributed by atoms with Crippen molar-refractivity contribution in [2.24, 2.45) is 10.1 Å². The quantitative estimate of drug-likeness (QED) is 0.172. The second-order valence-corrected chi connectivity index (χ2v) is 9.05. The summed E-state index contributed by atoms with van der Waals surface area (Å²) in [6.45, 7) is 3.56. The SMILES string of the molecule is C/C(=N\n1c(/N=C/c2cccc(C)c2)c(C#N)c(-c2ccc([N+](=O)[O-])cc2)c(C#N)c1=O)c1nc2ccccc2[nH]1. The van der Waals surface area contributed by atoms with Gasteiger partial charge in [0.15, 0.2) is 11.6 Å². The number of aryl methyl sites for hydroxylation is 1. The van der Waals surface area contributed by atoms with Gasteiger partial charge in [0.2, 0.25) is 0 Å². The van der Waals surface area contributed by atoms with Gasteiger partial charge in [0.1, 0.15) is 29.0 Å². The van der Waals surface area contributed by atoms with E-state index in [4.69, 9.17) is 0 Å². The number of hydrogen-bond donors (Lipinski definition) is 1. The minimum absolute atomic E-state index is 0.0131. The average Bonchev–Trinajstić information content (AvgIpc) is 3.42. The number of hydrogen-bond acceptors (Lipinski definition) is 8. The van der Waals surface area contributed by atoms with Gasteiger partial charge in [-0.3, -0.25) is 14.9 Å². The molecule has 0 amide bonds. The van der Waals surface area contributed by atoms with Crippen LogP contribution < -0.4 is 5.56 Å². The first kappa shape index (κ1) is 26.4. The highest BCUT2D eigenvalue weighted by atomic mass is 16.6. The number of aromatic amines is 1. The van der Waals surface area contributed by atoms with Crippen LogP contribution in [0.1, 0.15) is 35.0 Å². The van der Waals surface area contributed by atoms with Gasteiger partial charge >= 0.3 is 0 Å². The number of para-hydroxylation sites is 2. The Morgan fingerprint density at radius 2 is 1.78 bits per heavy atom. The molecule has 2 aromatic heterocycles. The minimum Gasteiger partial charge on any atom is -0.337 e. The summed E-state index contributed by atoms with van der Waals surface area (Å²) in [5, 5.41) is 36.0. The van der Waals surface area contributed by atoms with Crippen LogP contribution in [0, 0.1) is 39.7 Å². The van der Waals surface area contributed by atoms with Crippen LogP contribution in [0.25, 0.3) is 22.2 Å². The van der Waals surface area contributed by atoms with Gasteiger partial charge in [0, 0.05) is 23.9 Å². The molecule has 41 heavy (non-hydrogen) atoms. The second kappa shape index (κ2) is 10.9.